The first-order chi connectivity index (χ1) is 9.67. The smallest absolute Gasteiger partial charge is 0.226 e. The summed E-state index contributed by atoms with van der Waals surface area (Å²) in [6.45, 7) is 4.13. The van der Waals surface area contributed by atoms with E-state index in [4.69, 9.17) is 0 Å². The van der Waals surface area contributed by atoms with Gasteiger partial charge in [0.25, 0.3) is 0 Å². The molecule has 2 aliphatic heterocycles. The van der Waals surface area contributed by atoms with Crippen LogP contribution in [0.5, 0.6) is 0 Å². The number of halogens is 1. The zero-order valence-electron chi connectivity index (χ0n) is 11.7. The van der Waals surface area contributed by atoms with E-state index in [1.54, 1.807) is 0 Å². The highest BCUT2D eigenvalue weighted by Crippen LogP contribution is 2.36. The van der Waals surface area contributed by atoms with E-state index in [9.17, 15) is 4.79 Å². The molecule has 4 heteroatoms. The molecule has 3 nitrogen and oxygen atoms in total. The lowest BCUT2D eigenvalue weighted by Gasteiger charge is -2.39. The molecule has 1 aromatic rings. The third kappa shape index (κ3) is 3.07. The molecule has 3 rings (SSSR count). The number of benzene rings is 1. The van der Waals surface area contributed by atoms with Gasteiger partial charge < -0.3 is 10.2 Å². The van der Waals surface area contributed by atoms with Crippen LogP contribution < -0.4 is 5.32 Å². The maximum Gasteiger partial charge on any atom is 0.226 e. The summed E-state index contributed by atoms with van der Waals surface area (Å²) in [5.74, 6) is 0.268. The summed E-state index contributed by atoms with van der Waals surface area (Å²) in [6, 6.07) is 8.03. The molecule has 1 amide bonds. The number of nitrogens with one attached hydrogen (secondary N) is 1. The lowest BCUT2D eigenvalue weighted by Crippen LogP contribution is -2.44. The van der Waals surface area contributed by atoms with Crippen molar-refractivity contribution < 1.29 is 4.79 Å². The van der Waals surface area contributed by atoms with Gasteiger partial charge in [-0.2, -0.15) is 0 Å². The summed E-state index contributed by atoms with van der Waals surface area (Å²) in [5.41, 5.74) is 1.57. The van der Waals surface area contributed by atoms with Gasteiger partial charge in [-0.1, -0.05) is 28.1 Å². The fraction of sp³-hybridized carbons (Fsp3) is 0.562. The number of piperidine rings is 1. The fourth-order valence-electron chi connectivity index (χ4n) is 3.39. The van der Waals surface area contributed by atoms with Gasteiger partial charge >= 0.3 is 0 Å². The number of hydrogen-bond donors (Lipinski definition) is 1. The predicted octanol–water partition coefficient (Wildman–Crippen LogP) is 2.59. The van der Waals surface area contributed by atoms with Gasteiger partial charge in [-0.3, -0.25) is 4.79 Å². The highest BCUT2D eigenvalue weighted by molar-refractivity contribution is 9.10. The van der Waals surface area contributed by atoms with Crippen molar-refractivity contribution in [2.24, 2.45) is 5.41 Å². The number of rotatable bonds is 2. The van der Waals surface area contributed by atoms with Crippen LogP contribution in [0.2, 0.25) is 0 Å². The van der Waals surface area contributed by atoms with E-state index in [-0.39, 0.29) is 5.91 Å². The highest BCUT2D eigenvalue weighted by Gasteiger charge is 2.37. The normalized spacial score (nSPS) is 21.4. The zero-order chi connectivity index (χ0) is 14.0. The Morgan fingerprint density at radius 2 is 2.10 bits per heavy atom. The molecule has 2 saturated heterocycles. The van der Waals surface area contributed by atoms with Crippen LogP contribution in [0.25, 0.3) is 0 Å². The molecule has 20 heavy (non-hydrogen) atoms. The molecule has 2 heterocycles. The molecule has 2 aliphatic rings. The van der Waals surface area contributed by atoms with Gasteiger partial charge in [-0.05, 0) is 48.9 Å². The lowest BCUT2D eigenvalue weighted by molar-refractivity contribution is -0.132. The van der Waals surface area contributed by atoms with Gasteiger partial charge in [0.15, 0.2) is 0 Å². The first kappa shape index (κ1) is 14.1. The van der Waals surface area contributed by atoms with Crippen molar-refractivity contribution in [3.05, 3.63) is 34.3 Å². The van der Waals surface area contributed by atoms with E-state index >= 15 is 0 Å². The molecule has 0 bridgehead atoms. The number of carbonyl (C=O) groups excluding carboxylic acids is 1. The molecule has 0 saturated carbocycles. The molecular weight excluding hydrogens is 316 g/mol. The highest BCUT2D eigenvalue weighted by atomic mass is 79.9. The molecule has 0 aliphatic carbocycles. The van der Waals surface area contributed by atoms with Crippen molar-refractivity contribution in [1.29, 1.82) is 0 Å². The molecule has 0 atom stereocenters. The maximum atomic E-state index is 12.4. The second kappa shape index (κ2) is 5.86. The summed E-state index contributed by atoms with van der Waals surface area (Å²) in [7, 11) is 0. The van der Waals surface area contributed by atoms with Crippen molar-refractivity contribution >= 4 is 21.8 Å². The number of hydrogen-bond acceptors (Lipinski definition) is 2. The van der Waals surface area contributed by atoms with Crippen LogP contribution >= 0.6 is 15.9 Å². The predicted molar refractivity (Wildman–Crippen MR) is 83.6 cm³/mol. The first-order valence-corrected chi connectivity index (χ1v) is 8.19. The third-order valence-corrected chi connectivity index (χ3v) is 5.25. The Kier molecular flexibility index (Phi) is 4.13. The van der Waals surface area contributed by atoms with E-state index in [1.165, 1.54) is 6.42 Å². The molecule has 1 N–H and O–H groups in total. The van der Waals surface area contributed by atoms with Crippen LogP contribution in [0.4, 0.5) is 0 Å². The number of likely N-dealkylation sites (tertiary alicyclic amines) is 1. The molecule has 1 spiro atoms. The molecular formula is C16H21BrN2O. The lowest BCUT2D eigenvalue weighted by atomic mass is 9.78. The minimum absolute atomic E-state index is 0.268. The second-order valence-corrected chi connectivity index (χ2v) is 7.03. The third-order valence-electron chi connectivity index (χ3n) is 4.75. The Morgan fingerprint density at radius 1 is 1.30 bits per heavy atom. The van der Waals surface area contributed by atoms with Gasteiger partial charge in [-0.15, -0.1) is 0 Å². The zero-order valence-corrected chi connectivity index (χ0v) is 13.3. The quantitative estimate of drug-likeness (QED) is 0.900. The average molecular weight is 337 g/mol. The van der Waals surface area contributed by atoms with Gasteiger partial charge in [0.1, 0.15) is 0 Å². The Hall–Kier alpha value is -0.870. The molecule has 1 aromatic carbocycles. The van der Waals surface area contributed by atoms with Gasteiger partial charge in [-0.25, -0.2) is 0 Å². The Labute approximate surface area is 128 Å². The topological polar surface area (TPSA) is 32.3 Å². The summed E-state index contributed by atoms with van der Waals surface area (Å²) in [6.07, 6.45) is 4.11. The average Bonchev–Trinajstić information content (AvgIpc) is 2.88. The van der Waals surface area contributed by atoms with Crippen molar-refractivity contribution in [2.75, 3.05) is 26.2 Å². The van der Waals surface area contributed by atoms with Crippen LogP contribution in [0, 0.1) is 5.41 Å². The van der Waals surface area contributed by atoms with E-state index in [2.05, 4.69) is 21.2 Å². The van der Waals surface area contributed by atoms with Crippen LogP contribution in [-0.2, 0) is 11.2 Å². The Balaban J connectivity index is 1.56. The summed E-state index contributed by atoms with van der Waals surface area (Å²) >= 11 is 3.46. The standard InChI is InChI=1S/C16H21BrN2O/c17-14-3-1-2-13(10-14)11-15(20)19-8-5-16(6-9-19)4-7-18-12-16/h1-3,10,18H,4-9,11-12H2. The number of nitrogens with zero attached hydrogens (tertiary/aromatic N) is 1. The van der Waals surface area contributed by atoms with E-state index < -0.39 is 0 Å². The maximum absolute atomic E-state index is 12.4. The SMILES string of the molecule is O=C(Cc1cccc(Br)c1)N1CCC2(CCNC2)CC1. The minimum Gasteiger partial charge on any atom is -0.342 e. The monoisotopic (exact) mass is 336 g/mol. The van der Waals surface area contributed by atoms with Crippen LogP contribution in [0.3, 0.4) is 0 Å². The van der Waals surface area contributed by atoms with Crippen molar-refractivity contribution in [2.45, 2.75) is 25.7 Å². The minimum atomic E-state index is 0.268. The number of carbonyl (C=O) groups is 1. The van der Waals surface area contributed by atoms with E-state index in [1.807, 2.05) is 29.2 Å². The van der Waals surface area contributed by atoms with E-state index in [0.29, 0.717) is 11.8 Å². The number of amides is 1. The molecule has 108 valence electrons. The summed E-state index contributed by atoms with van der Waals surface area (Å²) in [4.78, 5) is 14.4. The van der Waals surface area contributed by atoms with Crippen LogP contribution in [0.15, 0.2) is 28.7 Å². The fourth-order valence-corrected chi connectivity index (χ4v) is 3.83. The van der Waals surface area contributed by atoms with Crippen LogP contribution in [0.1, 0.15) is 24.8 Å². The molecule has 0 radical (unpaired) electrons. The van der Waals surface area contributed by atoms with Crippen molar-refractivity contribution in [1.82, 2.24) is 10.2 Å². The molecule has 2 fully saturated rings. The van der Waals surface area contributed by atoms with Gasteiger partial charge in [0.05, 0.1) is 6.42 Å². The Morgan fingerprint density at radius 3 is 2.75 bits per heavy atom. The Bertz CT molecular complexity index is 487. The van der Waals surface area contributed by atoms with Crippen molar-refractivity contribution in [3.63, 3.8) is 0 Å². The first-order valence-electron chi connectivity index (χ1n) is 7.40. The van der Waals surface area contributed by atoms with Gasteiger partial charge in [0.2, 0.25) is 5.91 Å². The van der Waals surface area contributed by atoms with Gasteiger partial charge in [0, 0.05) is 24.1 Å². The summed E-state index contributed by atoms with van der Waals surface area (Å²) in [5, 5.41) is 3.46. The molecule has 0 unspecified atom stereocenters. The van der Waals surface area contributed by atoms with Crippen molar-refractivity contribution in [3.8, 4) is 0 Å². The second-order valence-electron chi connectivity index (χ2n) is 6.11. The summed E-state index contributed by atoms with van der Waals surface area (Å²) < 4.78 is 1.04. The molecule has 0 aromatic heterocycles. The largest absolute Gasteiger partial charge is 0.342 e. The van der Waals surface area contributed by atoms with Crippen LogP contribution in [-0.4, -0.2) is 37.0 Å². The van der Waals surface area contributed by atoms with E-state index in [0.717, 1.165) is 49.1 Å².